The Balaban J connectivity index is 3.77. The molecule has 0 aromatic heterocycles. The zero-order valence-electron chi connectivity index (χ0n) is 8.52. The van der Waals surface area contributed by atoms with Crippen molar-refractivity contribution in [3.63, 3.8) is 0 Å². The Hall–Kier alpha value is -0.0400. The first-order valence-electron chi connectivity index (χ1n) is 4.60. The number of rotatable bonds is 4. The summed E-state index contributed by atoms with van der Waals surface area (Å²) in [6, 6.07) is 0. The van der Waals surface area contributed by atoms with E-state index in [1.165, 1.54) is 6.42 Å². The van der Waals surface area contributed by atoms with Gasteiger partial charge in [-0.15, -0.1) is 0 Å². The Morgan fingerprint density at radius 1 is 1.27 bits per heavy atom. The third kappa shape index (κ3) is 4.41. The van der Waals surface area contributed by atoms with Crippen molar-refractivity contribution in [3.8, 4) is 0 Å². The molecule has 0 radical (unpaired) electrons. The van der Waals surface area contributed by atoms with Crippen LogP contribution >= 0.6 is 0 Å². The fraction of sp³-hybridized carbons (Fsp3) is 1.00. The number of hydrogen-bond donors (Lipinski definition) is 1. The lowest BCUT2D eigenvalue weighted by Crippen LogP contribution is -2.29. The Kier molecular flexibility index (Phi) is 4.09. The maximum atomic E-state index is 9.63. The summed E-state index contributed by atoms with van der Waals surface area (Å²) < 4.78 is 0. The highest BCUT2D eigenvalue weighted by Crippen LogP contribution is 2.24. The summed E-state index contributed by atoms with van der Waals surface area (Å²) in [7, 11) is 0. The van der Waals surface area contributed by atoms with Gasteiger partial charge >= 0.3 is 0 Å². The lowest BCUT2D eigenvalue weighted by Gasteiger charge is -2.27. The molecule has 0 amide bonds. The van der Waals surface area contributed by atoms with Gasteiger partial charge in [-0.3, -0.25) is 0 Å². The van der Waals surface area contributed by atoms with Crippen LogP contribution in [0.4, 0.5) is 0 Å². The van der Waals surface area contributed by atoms with Crippen LogP contribution in [0.25, 0.3) is 0 Å². The van der Waals surface area contributed by atoms with Gasteiger partial charge in [-0.1, -0.05) is 27.2 Å². The lowest BCUT2D eigenvalue weighted by molar-refractivity contribution is 0.0152. The normalized spacial score (nSPS) is 18.0. The van der Waals surface area contributed by atoms with Crippen LogP contribution in [0.5, 0.6) is 0 Å². The van der Waals surface area contributed by atoms with E-state index in [2.05, 4.69) is 20.8 Å². The number of aliphatic hydroxyl groups is 1. The van der Waals surface area contributed by atoms with Crippen LogP contribution in [0.1, 0.15) is 47.5 Å². The molecule has 0 spiro atoms. The second kappa shape index (κ2) is 4.10. The fourth-order valence-electron chi connectivity index (χ4n) is 1.06. The van der Waals surface area contributed by atoms with Gasteiger partial charge in [0.25, 0.3) is 0 Å². The molecule has 0 rings (SSSR count). The number of hydrogen-bond acceptors (Lipinski definition) is 1. The van der Waals surface area contributed by atoms with Crippen LogP contribution in [0.15, 0.2) is 0 Å². The van der Waals surface area contributed by atoms with E-state index in [9.17, 15) is 5.11 Å². The van der Waals surface area contributed by atoms with E-state index in [-0.39, 0.29) is 0 Å². The first-order valence-corrected chi connectivity index (χ1v) is 4.60. The summed E-state index contributed by atoms with van der Waals surface area (Å²) in [5, 5.41) is 9.63. The molecule has 0 heterocycles. The predicted octanol–water partition coefficient (Wildman–Crippen LogP) is 2.83. The lowest BCUT2D eigenvalue weighted by atomic mass is 9.84. The van der Waals surface area contributed by atoms with Gasteiger partial charge in [0.2, 0.25) is 0 Å². The standard InChI is InChI=1S/C10H22O/c1-6-8(2)7-9(3)10(4,5)11/h8-9,11H,6-7H2,1-5H3. The van der Waals surface area contributed by atoms with E-state index in [1.54, 1.807) is 0 Å². The van der Waals surface area contributed by atoms with Crippen LogP contribution in [-0.2, 0) is 0 Å². The molecule has 2 atom stereocenters. The van der Waals surface area contributed by atoms with Gasteiger partial charge in [-0.2, -0.15) is 0 Å². The van der Waals surface area contributed by atoms with Crippen LogP contribution in [0, 0.1) is 11.8 Å². The zero-order valence-corrected chi connectivity index (χ0v) is 8.52. The summed E-state index contributed by atoms with van der Waals surface area (Å²) in [6.45, 7) is 10.3. The van der Waals surface area contributed by atoms with E-state index in [0.717, 1.165) is 12.3 Å². The summed E-state index contributed by atoms with van der Waals surface area (Å²) in [4.78, 5) is 0. The van der Waals surface area contributed by atoms with Crippen molar-refractivity contribution in [2.24, 2.45) is 11.8 Å². The van der Waals surface area contributed by atoms with Crippen molar-refractivity contribution < 1.29 is 5.11 Å². The van der Waals surface area contributed by atoms with Crippen molar-refractivity contribution >= 4 is 0 Å². The zero-order chi connectivity index (χ0) is 9.07. The molecule has 2 unspecified atom stereocenters. The van der Waals surface area contributed by atoms with E-state index in [0.29, 0.717) is 5.92 Å². The Morgan fingerprint density at radius 3 is 2.00 bits per heavy atom. The summed E-state index contributed by atoms with van der Waals surface area (Å²) >= 11 is 0. The first kappa shape index (κ1) is 11.0. The smallest absolute Gasteiger partial charge is 0.0617 e. The highest BCUT2D eigenvalue weighted by atomic mass is 16.3. The maximum Gasteiger partial charge on any atom is 0.0617 e. The van der Waals surface area contributed by atoms with Crippen molar-refractivity contribution in [1.29, 1.82) is 0 Å². The molecule has 0 fully saturated rings. The monoisotopic (exact) mass is 158 g/mol. The van der Waals surface area contributed by atoms with E-state index in [4.69, 9.17) is 0 Å². The van der Waals surface area contributed by atoms with Crippen molar-refractivity contribution in [2.75, 3.05) is 0 Å². The SMILES string of the molecule is CCC(C)CC(C)C(C)(C)O. The molecule has 0 aromatic rings. The van der Waals surface area contributed by atoms with E-state index in [1.807, 2.05) is 13.8 Å². The van der Waals surface area contributed by atoms with Crippen LogP contribution < -0.4 is 0 Å². The summed E-state index contributed by atoms with van der Waals surface area (Å²) in [5.41, 5.74) is -0.510. The molecule has 0 saturated heterocycles. The molecule has 0 bridgehead atoms. The maximum absolute atomic E-state index is 9.63. The van der Waals surface area contributed by atoms with Gasteiger partial charge in [0.05, 0.1) is 5.60 Å². The summed E-state index contributed by atoms with van der Waals surface area (Å²) in [5.74, 6) is 1.13. The van der Waals surface area contributed by atoms with Gasteiger partial charge < -0.3 is 5.11 Å². The Labute approximate surface area is 70.8 Å². The molecule has 68 valence electrons. The highest BCUT2D eigenvalue weighted by molar-refractivity contribution is 4.74. The average molecular weight is 158 g/mol. The van der Waals surface area contributed by atoms with E-state index < -0.39 is 5.60 Å². The minimum absolute atomic E-state index is 0.400. The molecule has 0 aliphatic rings. The molecule has 0 aliphatic heterocycles. The minimum atomic E-state index is -0.510. The van der Waals surface area contributed by atoms with Crippen molar-refractivity contribution in [1.82, 2.24) is 0 Å². The molecule has 1 nitrogen and oxygen atoms in total. The molecule has 1 N–H and O–H groups in total. The van der Waals surface area contributed by atoms with Gasteiger partial charge in [0.15, 0.2) is 0 Å². The molecular weight excluding hydrogens is 136 g/mol. The van der Waals surface area contributed by atoms with Gasteiger partial charge in [0, 0.05) is 0 Å². The topological polar surface area (TPSA) is 20.2 Å². The minimum Gasteiger partial charge on any atom is -0.390 e. The highest BCUT2D eigenvalue weighted by Gasteiger charge is 2.23. The van der Waals surface area contributed by atoms with Crippen molar-refractivity contribution in [2.45, 2.75) is 53.1 Å². The van der Waals surface area contributed by atoms with Crippen molar-refractivity contribution in [3.05, 3.63) is 0 Å². The van der Waals surface area contributed by atoms with Gasteiger partial charge in [-0.05, 0) is 32.1 Å². The second-order valence-electron chi connectivity index (χ2n) is 4.30. The van der Waals surface area contributed by atoms with Gasteiger partial charge in [-0.25, -0.2) is 0 Å². The van der Waals surface area contributed by atoms with Crippen LogP contribution in [0.3, 0.4) is 0 Å². The molecule has 0 saturated carbocycles. The molecule has 0 aromatic carbocycles. The van der Waals surface area contributed by atoms with Crippen LogP contribution in [-0.4, -0.2) is 10.7 Å². The second-order valence-corrected chi connectivity index (χ2v) is 4.30. The fourth-order valence-corrected chi connectivity index (χ4v) is 1.06. The molecule has 11 heavy (non-hydrogen) atoms. The molecule has 1 heteroatoms. The first-order chi connectivity index (χ1) is 4.88. The Morgan fingerprint density at radius 2 is 1.73 bits per heavy atom. The largest absolute Gasteiger partial charge is 0.390 e. The third-order valence-corrected chi connectivity index (χ3v) is 2.66. The van der Waals surface area contributed by atoms with Gasteiger partial charge in [0.1, 0.15) is 0 Å². The Bertz CT molecular complexity index is 102. The average Bonchev–Trinajstić information content (AvgIpc) is 1.85. The molecular formula is C10H22O. The quantitative estimate of drug-likeness (QED) is 0.667. The van der Waals surface area contributed by atoms with Crippen LogP contribution in [0.2, 0.25) is 0 Å². The third-order valence-electron chi connectivity index (χ3n) is 2.66. The predicted molar refractivity (Wildman–Crippen MR) is 49.5 cm³/mol. The molecule has 0 aliphatic carbocycles. The van der Waals surface area contributed by atoms with E-state index >= 15 is 0 Å². The summed E-state index contributed by atoms with van der Waals surface area (Å²) in [6.07, 6.45) is 2.33.